The summed E-state index contributed by atoms with van der Waals surface area (Å²) in [6.45, 7) is 5.99. The van der Waals surface area contributed by atoms with Gasteiger partial charge in [0.1, 0.15) is 0 Å². The monoisotopic (exact) mass is 284 g/mol. The van der Waals surface area contributed by atoms with E-state index in [4.69, 9.17) is 9.47 Å². The maximum Gasteiger partial charge on any atom is 0.310 e. The Morgan fingerprint density at radius 3 is 2.70 bits per heavy atom. The molecule has 2 heterocycles. The highest BCUT2D eigenvalue weighted by Gasteiger charge is 2.34. The third-order valence-electron chi connectivity index (χ3n) is 4.01. The molecule has 1 atom stereocenters. The van der Waals surface area contributed by atoms with Crippen molar-refractivity contribution in [1.82, 2.24) is 9.80 Å². The van der Waals surface area contributed by atoms with Gasteiger partial charge in [-0.25, -0.2) is 0 Å². The minimum atomic E-state index is -0.272. The van der Waals surface area contributed by atoms with Gasteiger partial charge in [0.15, 0.2) is 0 Å². The number of hydrogen-bond acceptors (Lipinski definition) is 5. The lowest BCUT2D eigenvalue weighted by Crippen LogP contribution is -2.37. The van der Waals surface area contributed by atoms with Gasteiger partial charge >= 0.3 is 5.97 Å². The summed E-state index contributed by atoms with van der Waals surface area (Å²) in [4.78, 5) is 27.4. The van der Waals surface area contributed by atoms with Crippen LogP contribution in [0.25, 0.3) is 0 Å². The zero-order valence-corrected chi connectivity index (χ0v) is 12.2. The zero-order chi connectivity index (χ0) is 14.4. The molecule has 2 saturated heterocycles. The Bertz CT molecular complexity index is 342. The maximum absolute atomic E-state index is 11.8. The number of amides is 1. The smallest absolute Gasteiger partial charge is 0.310 e. The lowest BCUT2D eigenvalue weighted by atomic mass is 10.1. The minimum Gasteiger partial charge on any atom is -0.469 e. The van der Waals surface area contributed by atoms with Crippen molar-refractivity contribution in [2.75, 3.05) is 53.0 Å². The van der Waals surface area contributed by atoms with Crippen LogP contribution in [0.4, 0.5) is 0 Å². The van der Waals surface area contributed by atoms with Gasteiger partial charge in [0.05, 0.1) is 26.2 Å². The number of carbonyl (C=O) groups is 2. The number of ether oxygens (including phenoxy) is 2. The van der Waals surface area contributed by atoms with E-state index in [1.807, 2.05) is 0 Å². The number of carbonyl (C=O) groups excluding carboxylic acids is 2. The van der Waals surface area contributed by atoms with Crippen LogP contribution < -0.4 is 0 Å². The summed E-state index contributed by atoms with van der Waals surface area (Å²) in [5.74, 6) is -0.465. The van der Waals surface area contributed by atoms with Crippen LogP contribution in [-0.4, -0.2) is 74.7 Å². The Kier molecular flexibility index (Phi) is 5.79. The first kappa shape index (κ1) is 15.3. The van der Waals surface area contributed by atoms with E-state index in [0.29, 0.717) is 13.0 Å². The van der Waals surface area contributed by atoms with E-state index in [2.05, 4.69) is 4.90 Å². The van der Waals surface area contributed by atoms with Crippen LogP contribution in [0.15, 0.2) is 0 Å². The van der Waals surface area contributed by atoms with Crippen molar-refractivity contribution in [3.8, 4) is 0 Å². The number of methoxy groups -OCH3 is 1. The van der Waals surface area contributed by atoms with Crippen LogP contribution in [0.3, 0.4) is 0 Å². The first-order valence-corrected chi connectivity index (χ1v) is 7.36. The van der Waals surface area contributed by atoms with E-state index in [1.165, 1.54) is 7.11 Å². The number of rotatable bonds is 6. The number of likely N-dealkylation sites (tertiary alicyclic amines) is 1. The molecule has 114 valence electrons. The number of hydrogen-bond donors (Lipinski definition) is 0. The molecule has 1 amide bonds. The molecule has 0 N–H and O–H groups in total. The van der Waals surface area contributed by atoms with Crippen LogP contribution in [0.1, 0.15) is 19.3 Å². The molecule has 0 spiro atoms. The third-order valence-corrected chi connectivity index (χ3v) is 4.01. The average molecular weight is 284 g/mol. The molecule has 2 aliphatic rings. The number of morpholine rings is 1. The van der Waals surface area contributed by atoms with Crippen molar-refractivity contribution in [2.24, 2.45) is 5.92 Å². The normalized spacial score (nSPS) is 24.1. The SMILES string of the molecule is COC(=O)C1CC(=O)N(CCCCN2CCOCC2)C1. The Morgan fingerprint density at radius 1 is 1.30 bits per heavy atom. The molecule has 2 aliphatic heterocycles. The maximum atomic E-state index is 11.8. The third kappa shape index (κ3) is 4.18. The quantitative estimate of drug-likeness (QED) is 0.512. The summed E-state index contributed by atoms with van der Waals surface area (Å²) < 4.78 is 10.0. The van der Waals surface area contributed by atoms with Crippen LogP contribution >= 0.6 is 0 Å². The van der Waals surface area contributed by atoms with Crippen molar-refractivity contribution in [2.45, 2.75) is 19.3 Å². The molecule has 0 bridgehead atoms. The van der Waals surface area contributed by atoms with Crippen molar-refractivity contribution in [3.63, 3.8) is 0 Å². The van der Waals surface area contributed by atoms with Gasteiger partial charge in [-0.1, -0.05) is 0 Å². The molecule has 20 heavy (non-hydrogen) atoms. The van der Waals surface area contributed by atoms with E-state index >= 15 is 0 Å². The molecular weight excluding hydrogens is 260 g/mol. The second kappa shape index (κ2) is 7.59. The Hall–Kier alpha value is -1.14. The average Bonchev–Trinajstić information content (AvgIpc) is 2.85. The molecule has 0 aliphatic carbocycles. The van der Waals surface area contributed by atoms with Crippen molar-refractivity contribution in [1.29, 1.82) is 0 Å². The summed E-state index contributed by atoms with van der Waals surface area (Å²) in [6.07, 6.45) is 2.36. The molecule has 0 aromatic carbocycles. The van der Waals surface area contributed by atoms with Gasteiger partial charge in [-0.2, -0.15) is 0 Å². The number of unbranched alkanes of at least 4 members (excludes halogenated alkanes) is 1. The highest BCUT2D eigenvalue weighted by molar-refractivity contribution is 5.86. The fourth-order valence-electron chi connectivity index (χ4n) is 2.78. The highest BCUT2D eigenvalue weighted by Crippen LogP contribution is 2.19. The molecule has 1 unspecified atom stereocenters. The summed E-state index contributed by atoms with van der Waals surface area (Å²) in [5.41, 5.74) is 0. The van der Waals surface area contributed by atoms with E-state index in [9.17, 15) is 9.59 Å². The Labute approximate surface area is 120 Å². The fourth-order valence-corrected chi connectivity index (χ4v) is 2.78. The van der Waals surface area contributed by atoms with Gasteiger partial charge in [-0.05, 0) is 19.4 Å². The Balaban J connectivity index is 1.61. The fraction of sp³-hybridized carbons (Fsp3) is 0.857. The molecular formula is C14H24N2O4. The molecule has 2 fully saturated rings. The van der Waals surface area contributed by atoms with Crippen LogP contribution in [-0.2, 0) is 19.1 Å². The minimum absolute atomic E-state index is 0.0757. The van der Waals surface area contributed by atoms with Crippen molar-refractivity contribution in [3.05, 3.63) is 0 Å². The van der Waals surface area contributed by atoms with Crippen molar-refractivity contribution >= 4 is 11.9 Å². The standard InChI is InChI=1S/C14H24N2O4/c1-19-14(18)12-10-13(17)16(11-12)5-3-2-4-15-6-8-20-9-7-15/h12H,2-11H2,1H3. The molecule has 6 heteroatoms. The summed E-state index contributed by atoms with van der Waals surface area (Å²) >= 11 is 0. The first-order valence-electron chi connectivity index (χ1n) is 7.36. The Morgan fingerprint density at radius 2 is 2.00 bits per heavy atom. The molecule has 0 saturated carbocycles. The number of esters is 1. The van der Waals surface area contributed by atoms with Gasteiger partial charge in [0.25, 0.3) is 0 Å². The van der Waals surface area contributed by atoms with Gasteiger partial charge in [0, 0.05) is 32.6 Å². The summed E-state index contributed by atoms with van der Waals surface area (Å²) in [7, 11) is 1.37. The van der Waals surface area contributed by atoms with Gasteiger partial charge < -0.3 is 14.4 Å². The summed E-state index contributed by atoms with van der Waals surface area (Å²) in [6, 6.07) is 0. The van der Waals surface area contributed by atoms with E-state index in [-0.39, 0.29) is 17.8 Å². The second-order valence-electron chi connectivity index (χ2n) is 5.43. The molecule has 2 rings (SSSR count). The first-order chi connectivity index (χ1) is 9.70. The molecule has 0 aromatic heterocycles. The van der Waals surface area contributed by atoms with Gasteiger partial charge in [-0.15, -0.1) is 0 Å². The predicted octanol–water partition coefficient (Wildman–Crippen LogP) is 0.120. The summed E-state index contributed by atoms with van der Waals surface area (Å²) in [5, 5.41) is 0. The lowest BCUT2D eigenvalue weighted by molar-refractivity contribution is -0.145. The second-order valence-corrected chi connectivity index (χ2v) is 5.43. The van der Waals surface area contributed by atoms with Crippen LogP contribution in [0, 0.1) is 5.92 Å². The topological polar surface area (TPSA) is 59.1 Å². The highest BCUT2D eigenvalue weighted by atomic mass is 16.5. The number of nitrogens with zero attached hydrogens (tertiary/aromatic N) is 2. The van der Waals surface area contributed by atoms with Crippen LogP contribution in [0.5, 0.6) is 0 Å². The van der Waals surface area contributed by atoms with Gasteiger partial charge in [-0.3, -0.25) is 14.5 Å². The lowest BCUT2D eigenvalue weighted by Gasteiger charge is -2.26. The molecule has 6 nitrogen and oxygen atoms in total. The van der Waals surface area contributed by atoms with E-state index in [0.717, 1.165) is 52.2 Å². The zero-order valence-electron chi connectivity index (χ0n) is 12.2. The molecule has 0 aromatic rings. The van der Waals surface area contributed by atoms with Gasteiger partial charge in [0.2, 0.25) is 5.91 Å². The van der Waals surface area contributed by atoms with E-state index in [1.54, 1.807) is 4.90 Å². The largest absolute Gasteiger partial charge is 0.469 e. The van der Waals surface area contributed by atoms with Crippen LogP contribution in [0.2, 0.25) is 0 Å². The molecule has 0 radical (unpaired) electrons. The van der Waals surface area contributed by atoms with E-state index < -0.39 is 0 Å². The van der Waals surface area contributed by atoms with Crippen molar-refractivity contribution < 1.29 is 19.1 Å². The predicted molar refractivity (Wildman–Crippen MR) is 73.2 cm³/mol.